The summed E-state index contributed by atoms with van der Waals surface area (Å²) in [7, 11) is 0. The average Bonchev–Trinajstić information content (AvgIpc) is 3.28. The third kappa shape index (κ3) is 5.33. The molecule has 3 N–H and O–H groups in total. The van der Waals surface area contributed by atoms with Gasteiger partial charge in [0.05, 0.1) is 17.8 Å². The minimum absolute atomic E-state index is 0.118. The van der Waals surface area contributed by atoms with E-state index in [4.69, 9.17) is 0 Å². The molecule has 10 heteroatoms. The van der Waals surface area contributed by atoms with Crippen LogP contribution in [0, 0.1) is 11.7 Å². The second-order valence-corrected chi connectivity index (χ2v) is 8.08. The molecular formula is C24H23F3N6O. The SMILES string of the molecule is CC(Nc1cnc2[nH]ccc2n1)c1cc(NC(=O)c2ccc(CC(C)C(F)F)nc2)ccc1F. The molecule has 3 aromatic heterocycles. The molecule has 0 saturated carbocycles. The van der Waals surface area contributed by atoms with Crippen LogP contribution in [0.4, 0.5) is 24.7 Å². The summed E-state index contributed by atoms with van der Waals surface area (Å²) in [5, 5.41) is 5.84. The van der Waals surface area contributed by atoms with Gasteiger partial charge in [-0.1, -0.05) is 6.92 Å². The molecule has 2 unspecified atom stereocenters. The van der Waals surface area contributed by atoms with Crippen molar-refractivity contribution in [1.82, 2.24) is 19.9 Å². The van der Waals surface area contributed by atoms with Crippen LogP contribution >= 0.6 is 0 Å². The molecule has 2 atom stereocenters. The molecule has 0 fully saturated rings. The van der Waals surface area contributed by atoms with E-state index in [2.05, 4.69) is 30.6 Å². The predicted molar refractivity (Wildman–Crippen MR) is 123 cm³/mol. The van der Waals surface area contributed by atoms with Gasteiger partial charge in [-0.2, -0.15) is 0 Å². The zero-order chi connectivity index (χ0) is 24.2. The third-order valence-corrected chi connectivity index (χ3v) is 5.39. The van der Waals surface area contributed by atoms with Gasteiger partial charge < -0.3 is 15.6 Å². The highest BCUT2D eigenvalue weighted by atomic mass is 19.3. The van der Waals surface area contributed by atoms with E-state index in [9.17, 15) is 18.0 Å². The average molecular weight is 468 g/mol. The number of carbonyl (C=O) groups is 1. The number of benzene rings is 1. The highest BCUT2D eigenvalue weighted by Crippen LogP contribution is 2.25. The zero-order valence-corrected chi connectivity index (χ0v) is 18.5. The number of H-pyrrole nitrogens is 1. The molecule has 1 amide bonds. The summed E-state index contributed by atoms with van der Waals surface area (Å²) in [6.07, 6.45) is 2.31. The Kier molecular flexibility index (Phi) is 6.76. The van der Waals surface area contributed by atoms with Gasteiger partial charge in [0.25, 0.3) is 5.91 Å². The Balaban J connectivity index is 1.44. The van der Waals surface area contributed by atoms with Gasteiger partial charge in [-0.3, -0.25) is 9.78 Å². The Bertz CT molecular complexity index is 1290. The first-order valence-corrected chi connectivity index (χ1v) is 10.7. The van der Waals surface area contributed by atoms with Crippen molar-refractivity contribution in [3.05, 3.63) is 77.6 Å². The van der Waals surface area contributed by atoms with Gasteiger partial charge in [0.15, 0.2) is 5.65 Å². The smallest absolute Gasteiger partial charge is 0.257 e. The number of pyridine rings is 1. The number of anilines is 2. The van der Waals surface area contributed by atoms with E-state index >= 15 is 0 Å². The number of hydrogen-bond donors (Lipinski definition) is 3. The maximum Gasteiger partial charge on any atom is 0.257 e. The van der Waals surface area contributed by atoms with Crippen molar-refractivity contribution in [2.24, 2.45) is 5.92 Å². The van der Waals surface area contributed by atoms with E-state index in [0.29, 0.717) is 33.9 Å². The molecule has 0 aliphatic carbocycles. The van der Waals surface area contributed by atoms with Crippen LogP contribution in [-0.4, -0.2) is 32.3 Å². The first-order chi connectivity index (χ1) is 16.3. The number of hydrogen-bond acceptors (Lipinski definition) is 5. The highest BCUT2D eigenvalue weighted by molar-refractivity contribution is 6.04. The summed E-state index contributed by atoms with van der Waals surface area (Å²) in [5.74, 6) is -1.21. The van der Waals surface area contributed by atoms with Gasteiger partial charge >= 0.3 is 0 Å². The van der Waals surface area contributed by atoms with Gasteiger partial charge in [-0.25, -0.2) is 23.1 Å². The van der Waals surface area contributed by atoms with E-state index in [-0.39, 0.29) is 12.0 Å². The number of alkyl halides is 2. The molecule has 0 spiro atoms. The lowest BCUT2D eigenvalue weighted by Crippen LogP contribution is -2.15. The Morgan fingerprint density at radius 3 is 2.65 bits per heavy atom. The predicted octanol–water partition coefficient (Wildman–Crippen LogP) is 5.36. The van der Waals surface area contributed by atoms with Gasteiger partial charge in [-0.15, -0.1) is 0 Å². The lowest BCUT2D eigenvalue weighted by molar-refractivity contribution is 0.0860. The fourth-order valence-electron chi connectivity index (χ4n) is 3.45. The van der Waals surface area contributed by atoms with Crippen molar-refractivity contribution < 1.29 is 18.0 Å². The summed E-state index contributed by atoms with van der Waals surface area (Å²) >= 11 is 0. The summed E-state index contributed by atoms with van der Waals surface area (Å²) in [6.45, 7) is 3.22. The largest absolute Gasteiger partial charge is 0.362 e. The van der Waals surface area contributed by atoms with Crippen LogP contribution in [0.2, 0.25) is 0 Å². The van der Waals surface area contributed by atoms with Crippen molar-refractivity contribution in [1.29, 1.82) is 0 Å². The molecule has 4 rings (SSSR count). The second-order valence-electron chi connectivity index (χ2n) is 8.08. The van der Waals surface area contributed by atoms with E-state index in [0.717, 1.165) is 0 Å². The Labute approximate surface area is 193 Å². The molecule has 0 bridgehead atoms. The molecule has 7 nitrogen and oxygen atoms in total. The lowest BCUT2D eigenvalue weighted by Gasteiger charge is -2.17. The molecule has 3 heterocycles. The van der Waals surface area contributed by atoms with Gasteiger partial charge in [0, 0.05) is 35.3 Å². The second kappa shape index (κ2) is 9.90. The van der Waals surface area contributed by atoms with E-state index in [1.165, 1.54) is 31.3 Å². The van der Waals surface area contributed by atoms with Crippen LogP contribution in [-0.2, 0) is 6.42 Å². The number of nitrogens with one attached hydrogen (secondary N) is 3. The number of fused-ring (bicyclic) bond motifs is 1. The summed E-state index contributed by atoms with van der Waals surface area (Å²) in [4.78, 5) is 28.4. The molecule has 0 aliphatic rings. The number of nitrogens with zero attached hydrogens (tertiary/aromatic N) is 3. The van der Waals surface area contributed by atoms with Crippen LogP contribution in [0.1, 0.15) is 41.5 Å². The first-order valence-electron chi connectivity index (χ1n) is 10.7. The van der Waals surface area contributed by atoms with Crippen LogP contribution in [0.5, 0.6) is 0 Å². The van der Waals surface area contributed by atoms with Crippen molar-refractivity contribution in [3.8, 4) is 0 Å². The normalized spacial score (nSPS) is 13.1. The summed E-state index contributed by atoms with van der Waals surface area (Å²) in [6, 6.07) is 8.69. The minimum atomic E-state index is -2.43. The van der Waals surface area contributed by atoms with Crippen molar-refractivity contribution in [3.63, 3.8) is 0 Å². The molecule has 176 valence electrons. The molecule has 0 saturated heterocycles. The summed E-state index contributed by atoms with van der Waals surface area (Å²) < 4.78 is 40.0. The quantitative estimate of drug-likeness (QED) is 0.324. The molecule has 0 radical (unpaired) electrons. The summed E-state index contributed by atoms with van der Waals surface area (Å²) in [5.41, 5.74) is 2.82. The minimum Gasteiger partial charge on any atom is -0.362 e. The van der Waals surface area contributed by atoms with Crippen LogP contribution in [0.25, 0.3) is 11.2 Å². The van der Waals surface area contributed by atoms with Crippen LogP contribution in [0.15, 0.2) is 55.0 Å². The van der Waals surface area contributed by atoms with E-state index in [1.54, 1.807) is 37.5 Å². The van der Waals surface area contributed by atoms with Gasteiger partial charge in [0.2, 0.25) is 6.43 Å². The monoisotopic (exact) mass is 468 g/mol. The van der Waals surface area contributed by atoms with Crippen LogP contribution in [0.3, 0.4) is 0 Å². The maximum atomic E-state index is 14.5. The van der Waals surface area contributed by atoms with Crippen LogP contribution < -0.4 is 10.6 Å². The lowest BCUT2D eigenvalue weighted by atomic mass is 10.1. The van der Waals surface area contributed by atoms with Gasteiger partial charge in [0.1, 0.15) is 17.2 Å². The number of carbonyl (C=O) groups excluding carboxylic acids is 1. The number of amides is 1. The Morgan fingerprint density at radius 2 is 1.91 bits per heavy atom. The van der Waals surface area contributed by atoms with Gasteiger partial charge in [-0.05, 0) is 49.7 Å². The fraction of sp³-hybridized carbons (Fsp3) is 0.250. The van der Waals surface area contributed by atoms with Crippen molar-refractivity contribution >= 4 is 28.6 Å². The third-order valence-electron chi connectivity index (χ3n) is 5.39. The molecule has 34 heavy (non-hydrogen) atoms. The topological polar surface area (TPSA) is 95.6 Å². The van der Waals surface area contributed by atoms with E-state index < -0.39 is 30.1 Å². The zero-order valence-electron chi connectivity index (χ0n) is 18.5. The number of aromatic nitrogens is 4. The van der Waals surface area contributed by atoms with Crippen molar-refractivity contribution in [2.45, 2.75) is 32.7 Å². The molecule has 1 aromatic carbocycles. The number of halogens is 3. The highest BCUT2D eigenvalue weighted by Gasteiger charge is 2.17. The Morgan fingerprint density at radius 1 is 1.09 bits per heavy atom. The molecule has 0 aliphatic heterocycles. The Hall–Kier alpha value is -3.95. The number of aromatic amines is 1. The number of rotatable bonds is 8. The fourth-order valence-corrected chi connectivity index (χ4v) is 3.45. The first kappa shape index (κ1) is 23.2. The molecular weight excluding hydrogens is 445 g/mol. The van der Waals surface area contributed by atoms with E-state index in [1.807, 2.05) is 0 Å². The standard InChI is InChI=1S/C24H23F3N6O/c1-13(22(26)27)9-16-4-3-15(11-29-16)24(34)32-17-5-6-19(25)18(10-17)14(2)31-21-12-30-23-20(33-21)7-8-28-23/h3-8,10-14,22H,9H2,1-2H3,(H,28,30)(H,31,33)(H,32,34). The molecule has 4 aromatic rings. The maximum absolute atomic E-state index is 14.5. The van der Waals surface area contributed by atoms with Crippen molar-refractivity contribution in [2.75, 3.05) is 10.6 Å².